The molecule has 11 aromatic rings. The highest BCUT2D eigenvalue weighted by Gasteiger charge is 2.20. The monoisotopic (exact) mass is 698 g/mol. The summed E-state index contributed by atoms with van der Waals surface area (Å²) in [5.74, 6) is 1.72. The number of para-hydroxylation sites is 3. The first-order valence-electron chi connectivity index (χ1n) is 17.4. The van der Waals surface area contributed by atoms with E-state index in [-0.39, 0.29) is 0 Å². The van der Waals surface area contributed by atoms with Crippen LogP contribution in [0.2, 0.25) is 0 Å². The van der Waals surface area contributed by atoms with Gasteiger partial charge in [-0.2, -0.15) is 0 Å². The highest BCUT2D eigenvalue weighted by Crippen LogP contribution is 2.42. The van der Waals surface area contributed by atoms with Crippen LogP contribution < -0.4 is 0 Å². The second kappa shape index (κ2) is 11.8. The Kier molecular flexibility index (Phi) is 6.62. The molecule has 248 valence electrons. The Bertz CT molecular complexity index is 3160. The van der Waals surface area contributed by atoms with Crippen molar-refractivity contribution in [2.24, 2.45) is 0 Å². The van der Waals surface area contributed by atoms with Crippen LogP contribution in [0.15, 0.2) is 167 Å². The summed E-state index contributed by atoms with van der Waals surface area (Å²) in [4.78, 5) is 20.1. The molecule has 0 bridgehead atoms. The van der Waals surface area contributed by atoms with Crippen LogP contribution in [0.4, 0.5) is 0 Å². The number of furan rings is 2. The van der Waals surface area contributed by atoms with Crippen LogP contribution in [0.5, 0.6) is 0 Å². The van der Waals surface area contributed by atoms with Gasteiger partial charge in [0.25, 0.3) is 0 Å². The molecule has 0 aliphatic heterocycles. The van der Waals surface area contributed by atoms with Gasteiger partial charge in [0, 0.05) is 49.4 Å². The fraction of sp³-hybridized carbons (Fsp3) is 0. The minimum atomic E-state index is 0.563. The largest absolute Gasteiger partial charge is 0.456 e. The highest BCUT2D eigenvalue weighted by atomic mass is 32.1. The van der Waals surface area contributed by atoms with Gasteiger partial charge >= 0.3 is 0 Å². The summed E-state index contributed by atoms with van der Waals surface area (Å²) in [6.07, 6.45) is 0. The topological polar surface area (TPSA) is 77.8 Å². The van der Waals surface area contributed by atoms with E-state index in [1.54, 1.807) is 11.3 Å². The third-order valence-electron chi connectivity index (χ3n) is 9.78. The van der Waals surface area contributed by atoms with Crippen LogP contribution in [-0.2, 0) is 0 Å². The van der Waals surface area contributed by atoms with Crippen LogP contribution in [0.3, 0.4) is 0 Å². The van der Waals surface area contributed by atoms with E-state index in [1.807, 2.05) is 72.8 Å². The number of rotatable bonds is 5. The van der Waals surface area contributed by atoms with E-state index in [0.29, 0.717) is 17.5 Å². The molecule has 0 saturated carbocycles. The Hall–Kier alpha value is -6.96. The molecule has 0 aliphatic carbocycles. The molecule has 4 heterocycles. The van der Waals surface area contributed by atoms with Crippen LogP contribution >= 0.6 is 11.3 Å². The molecule has 0 amide bonds. The maximum absolute atomic E-state index is 6.70. The predicted molar refractivity (Wildman–Crippen MR) is 215 cm³/mol. The lowest BCUT2D eigenvalue weighted by atomic mass is 9.99. The van der Waals surface area contributed by atoms with Crippen molar-refractivity contribution in [1.29, 1.82) is 0 Å². The number of fused-ring (bicyclic) bond motifs is 7. The first-order chi connectivity index (χ1) is 26.2. The minimum Gasteiger partial charge on any atom is -0.456 e. The molecule has 4 aromatic heterocycles. The Morgan fingerprint density at radius 1 is 0.396 bits per heavy atom. The maximum Gasteiger partial charge on any atom is 0.164 e. The Morgan fingerprint density at radius 3 is 2.00 bits per heavy atom. The van der Waals surface area contributed by atoms with E-state index in [4.69, 9.17) is 28.8 Å². The summed E-state index contributed by atoms with van der Waals surface area (Å²) in [6, 6.07) is 53.4. The van der Waals surface area contributed by atoms with Crippen LogP contribution in [-0.4, -0.2) is 19.9 Å². The molecule has 0 fully saturated rings. The van der Waals surface area contributed by atoms with Gasteiger partial charge in [0.15, 0.2) is 17.5 Å². The SMILES string of the molecule is c1ccc(-c2nc(-c3ccc4c(c3)oc3ccccc34)nc(-c3cccc4oc5c(-c6cccc(-c7nc8ccccc8s7)c6)cccc5c34)n2)cc1. The summed E-state index contributed by atoms with van der Waals surface area (Å²) in [5, 5.41) is 5.07. The van der Waals surface area contributed by atoms with Crippen molar-refractivity contribution in [3.8, 4) is 55.9 Å². The first kappa shape index (κ1) is 29.7. The molecule has 11 rings (SSSR count). The molecule has 0 atom stereocenters. The number of hydrogen-bond donors (Lipinski definition) is 0. The summed E-state index contributed by atoms with van der Waals surface area (Å²) in [6.45, 7) is 0. The number of nitrogens with zero attached hydrogens (tertiary/aromatic N) is 4. The summed E-state index contributed by atoms with van der Waals surface area (Å²) in [7, 11) is 0. The van der Waals surface area contributed by atoms with Crippen LogP contribution in [0, 0.1) is 0 Å². The molecule has 53 heavy (non-hydrogen) atoms. The van der Waals surface area contributed by atoms with Gasteiger partial charge in [0.2, 0.25) is 0 Å². The normalized spacial score (nSPS) is 11.8. The molecule has 0 unspecified atom stereocenters. The number of benzene rings is 7. The van der Waals surface area contributed by atoms with Crippen molar-refractivity contribution < 1.29 is 8.83 Å². The highest BCUT2D eigenvalue weighted by molar-refractivity contribution is 7.21. The van der Waals surface area contributed by atoms with Gasteiger partial charge in [-0.05, 0) is 48.0 Å². The molecule has 0 radical (unpaired) electrons. The maximum atomic E-state index is 6.70. The van der Waals surface area contributed by atoms with Gasteiger partial charge in [0.1, 0.15) is 27.3 Å². The summed E-state index contributed by atoms with van der Waals surface area (Å²) < 4.78 is 14.1. The quantitative estimate of drug-likeness (QED) is 0.178. The van der Waals surface area contributed by atoms with E-state index in [9.17, 15) is 0 Å². The predicted octanol–water partition coefficient (Wildman–Crippen LogP) is 12.6. The van der Waals surface area contributed by atoms with Gasteiger partial charge in [-0.3, -0.25) is 0 Å². The smallest absolute Gasteiger partial charge is 0.164 e. The molecular weight excluding hydrogens is 673 g/mol. The third-order valence-corrected chi connectivity index (χ3v) is 10.9. The van der Waals surface area contributed by atoms with Crippen molar-refractivity contribution >= 4 is 65.4 Å². The zero-order valence-electron chi connectivity index (χ0n) is 28.0. The van der Waals surface area contributed by atoms with E-state index in [2.05, 4.69) is 84.9 Å². The number of hydrogen-bond acceptors (Lipinski definition) is 7. The zero-order chi connectivity index (χ0) is 34.9. The third kappa shape index (κ3) is 4.93. The molecule has 7 heteroatoms. The van der Waals surface area contributed by atoms with Crippen molar-refractivity contribution in [2.45, 2.75) is 0 Å². The fourth-order valence-electron chi connectivity index (χ4n) is 7.28. The molecule has 0 aliphatic rings. The van der Waals surface area contributed by atoms with E-state index in [0.717, 1.165) is 87.8 Å². The molecule has 0 spiro atoms. The van der Waals surface area contributed by atoms with Crippen molar-refractivity contribution in [1.82, 2.24) is 19.9 Å². The lowest BCUT2D eigenvalue weighted by molar-refractivity contribution is 0.669. The van der Waals surface area contributed by atoms with Gasteiger partial charge in [0.05, 0.1) is 10.2 Å². The number of thiazole rings is 1. The van der Waals surface area contributed by atoms with Crippen LogP contribution in [0.1, 0.15) is 0 Å². The summed E-state index contributed by atoms with van der Waals surface area (Å²) in [5.41, 5.74) is 9.98. The van der Waals surface area contributed by atoms with Crippen molar-refractivity contribution in [2.75, 3.05) is 0 Å². The van der Waals surface area contributed by atoms with E-state index >= 15 is 0 Å². The van der Waals surface area contributed by atoms with Crippen LogP contribution in [0.25, 0.3) is 110 Å². The molecular formula is C46H26N4O2S. The molecule has 0 N–H and O–H groups in total. The average Bonchev–Trinajstić information content (AvgIpc) is 3.94. The second-order valence-electron chi connectivity index (χ2n) is 13.0. The standard InChI is InChI=1S/C46H26N4O2S/c1-2-11-27(12-3-1)43-48-44(29-23-24-33-32-15-4-6-20-37(32)51-39(33)26-29)50-45(49-43)35-18-10-21-38-41(35)34-17-9-16-31(42(34)52-38)28-13-8-14-30(25-28)46-47-36-19-5-7-22-40(36)53-46/h1-26H. The molecule has 6 nitrogen and oxygen atoms in total. The molecule has 7 aromatic carbocycles. The van der Waals surface area contributed by atoms with Gasteiger partial charge in [-0.15, -0.1) is 11.3 Å². The number of aromatic nitrogens is 4. The second-order valence-corrected chi connectivity index (χ2v) is 14.0. The van der Waals surface area contributed by atoms with Gasteiger partial charge in [-0.1, -0.05) is 115 Å². The lowest BCUT2D eigenvalue weighted by Gasteiger charge is -2.09. The van der Waals surface area contributed by atoms with E-state index < -0.39 is 0 Å². The van der Waals surface area contributed by atoms with Crippen molar-refractivity contribution in [3.63, 3.8) is 0 Å². The fourth-order valence-corrected chi connectivity index (χ4v) is 8.25. The minimum absolute atomic E-state index is 0.563. The zero-order valence-corrected chi connectivity index (χ0v) is 28.8. The lowest BCUT2D eigenvalue weighted by Crippen LogP contribution is -2.00. The Labute approximate surface area is 306 Å². The van der Waals surface area contributed by atoms with Crippen molar-refractivity contribution in [3.05, 3.63) is 158 Å². The average molecular weight is 699 g/mol. The van der Waals surface area contributed by atoms with Gasteiger partial charge in [-0.25, -0.2) is 19.9 Å². The van der Waals surface area contributed by atoms with E-state index in [1.165, 1.54) is 4.70 Å². The summed E-state index contributed by atoms with van der Waals surface area (Å²) >= 11 is 1.70. The Morgan fingerprint density at radius 2 is 1.08 bits per heavy atom. The Balaban J connectivity index is 1.08. The molecule has 0 saturated heterocycles. The van der Waals surface area contributed by atoms with Gasteiger partial charge < -0.3 is 8.83 Å². The first-order valence-corrected chi connectivity index (χ1v) is 18.2.